The summed E-state index contributed by atoms with van der Waals surface area (Å²) in [7, 11) is 0. The van der Waals surface area contributed by atoms with E-state index in [9.17, 15) is 14.7 Å². The van der Waals surface area contributed by atoms with E-state index in [-0.39, 0.29) is 17.2 Å². The normalized spacial score (nSPS) is 17.9. The minimum absolute atomic E-state index is 0.00124. The number of aliphatic hydroxyl groups is 1. The first-order valence-electron chi connectivity index (χ1n) is 9.94. The molecule has 158 valence electrons. The molecule has 1 saturated heterocycles. The maximum Gasteiger partial charge on any atom is 0.301 e. The third-order valence-corrected chi connectivity index (χ3v) is 5.14. The molecule has 7 heteroatoms. The molecule has 0 aliphatic carbocycles. The number of hydrogen-bond acceptors (Lipinski definition) is 6. The first kappa shape index (κ1) is 20.4. The van der Waals surface area contributed by atoms with E-state index < -0.39 is 17.7 Å². The Hall–Kier alpha value is -3.87. The van der Waals surface area contributed by atoms with Gasteiger partial charge in [0.25, 0.3) is 5.78 Å². The summed E-state index contributed by atoms with van der Waals surface area (Å²) < 4.78 is 10.6. The van der Waals surface area contributed by atoms with Gasteiger partial charge in [0.1, 0.15) is 17.3 Å². The molecule has 4 rings (SSSR count). The number of benzene rings is 2. The Morgan fingerprint density at radius 1 is 1.10 bits per heavy atom. The quantitative estimate of drug-likeness (QED) is 0.377. The van der Waals surface area contributed by atoms with Crippen molar-refractivity contribution in [3.05, 3.63) is 82.6 Å². The van der Waals surface area contributed by atoms with Gasteiger partial charge in [-0.3, -0.25) is 14.5 Å². The molecule has 7 nitrogen and oxygen atoms in total. The molecule has 0 saturated carbocycles. The summed E-state index contributed by atoms with van der Waals surface area (Å²) in [5.41, 5.74) is 2.10. The molecule has 0 unspecified atom stereocenters. The van der Waals surface area contributed by atoms with Crippen molar-refractivity contribution in [1.82, 2.24) is 5.16 Å². The maximum atomic E-state index is 13.0. The van der Waals surface area contributed by atoms with Crippen LogP contribution in [-0.4, -0.2) is 28.6 Å². The van der Waals surface area contributed by atoms with Crippen LogP contribution >= 0.6 is 0 Å². The zero-order chi connectivity index (χ0) is 22.1. The molecule has 1 aliphatic rings. The summed E-state index contributed by atoms with van der Waals surface area (Å²) in [6.45, 7) is 6.03. The molecule has 2 aromatic carbocycles. The number of anilines is 1. The molecule has 1 amide bonds. The van der Waals surface area contributed by atoms with Crippen LogP contribution in [0.1, 0.15) is 35.4 Å². The van der Waals surface area contributed by atoms with Gasteiger partial charge in [0.15, 0.2) is 5.82 Å². The number of ether oxygens (including phenoxy) is 1. The number of carbonyl (C=O) groups is 2. The van der Waals surface area contributed by atoms with Gasteiger partial charge in [0, 0.05) is 11.6 Å². The highest BCUT2D eigenvalue weighted by molar-refractivity contribution is 6.51. The number of nitrogens with zero attached hydrogens (tertiary/aromatic N) is 2. The van der Waals surface area contributed by atoms with Crippen LogP contribution in [0.2, 0.25) is 0 Å². The second-order valence-corrected chi connectivity index (χ2v) is 7.33. The Labute approximate surface area is 179 Å². The summed E-state index contributed by atoms with van der Waals surface area (Å²) >= 11 is 0. The van der Waals surface area contributed by atoms with Crippen molar-refractivity contribution < 1.29 is 24.0 Å². The number of aromatic nitrogens is 1. The van der Waals surface area contributed by atoms with Crippen LogP contribution in [0.4, 0.5) is 5.82 Å². The predicted octanol–water partition coefficient (Wildman–Crippen LogP) is 4.32. The van der Waals surface area contributed by atoms with E-state index in [4.69, 9.17) is 9.26 Å². The highest BCUT2D eigenvalue weighted by atomic mass is 16.5. The highest BCUT2D eigenvalue weighted by Gasteiger charge is 2.48. The van der Waals surface area contributed by atoms with Gasteiger partial charge in [-0.25, -0.2) is 0 Å². The number of carbonyl (C=O) groups excluding carboxylic acids is 2. The average Bonchev–Trinajstić information content (AvgIpc) is 3.30. The van der Waals surface area contributed by atoms with Gasteiger partial charge in [-0.15, -0.1) is 0 Å². The van der Waals surface area contributed by atoms with Crippen LogP contribution in [0.25, 0.3) is 5.76 Å². The summed E-state index contributed by atoms with van der Waals surface area (Å²) in [6.07, 6.45) is 0. The first-order valence-corrected chi connectivity index (χ1v) is 9.94. The Morgan fingerprint density at radius 2 is 1.77 bits per heavy atom. The lowest BCUT2D eigenvalue weighted by Gasteiger charge is -2.23. The zero-order valence-electron chi connectivity index (χ0n) is 17.5. The van der Waals surface area contributed by atoms with Crippen molar-refractivity contribution in [2.24, 2.45) is 0 Å². The second-order valence-electron chi connectivity index (χ2n) is 7.33. The Balaban J connectivity index is 1.89. The number of Topliss-reactive ketones (excluding diaryl/α,β-unsaturated/α-hetero) is 1. The van der Waals surface area contributed by atoms with Gasteiger partial charge in [-0.1, -0.05) is 47.1 Å². The molecule has 0 radical (unpaired) electrons. The van der Waals surface area contributed by atoms with Crippen molar-refractivity contribution in [1.29, 1.82) is 0 Å². The van der Waals surface area contributed by atoms with E-state index in [1.54, 1.807) is 49.4 Å². The molecule has 1 aromatic heterocycles. The standard InChI is InChI=1S/C24H22N2O5/c1-4-30-18-11-9-16(10-12-18)21-20(22(27)17-7-5-14(2)6-8-17)23(28)24(29)26(21)19-13-15(3)31-25-19/h5-13,21,27H,4H2,1-3H3/t21-/m0/s1. The van der Waals surface area contributed by atoms with Gasteiger partial charge in [-0.2, -0.15) is 0 Å². The van der Waals surface area contributed by atoms with Crippen molar-refractivity contribution in [2.45, 2.75) is 26.8 Å². The van der Waals surface area contributed by atoms with Crippen LogP contribution in [0.5, 0.6) is 5.75 Å². The number of rotatable bonds is 5. The average molecular weight is 418 g/mol. The SMILES string of the molecule is CCOc1ccc([C@H]2C(=C(O)c3ccc(C)cc3)C(=O)C(=O)N2c2cc(C)on2)cc1. The monoisotopic (exact) mass is 418 g/mol. The van der Waals surface area contributed by atoms with Crippen LogP contribution in [-0.2, 0) is 9.59 Å². The lowest BCUT2D eigenvalue weighted by atomic mass is 9.95. The molecule has 0 spiro atoms. The summed E-state index contributed by atoms with van der Waals surface area (Å²) in [6, 6.07) is 14.9. The first-order chi connectivity index (χ1) is 14.9. The van der Waals surface area contributed by atoms with Gasteiger partial charge >= 0.3 is 5.91 Å². The fourth-order valence-corrected chi connectivity index (χ4v) is 3.63. The molecule has 1 atom stereocenters. The van der Waals surface area contributed by atoms with Crippen molar-refractivity contribution in [2.75, 3.05) is 11.5 Å². The van der Waals surface area contributed by atoms with E-state index in [2.05, 4.69) is 5.16 Å². The molecule has 3 aromatic rings. The number of ketones is 1. The van der Waals surface area contributed by atoms with E-state index in [0.29, 0.717) is 29.2 Å². The number of hydrogen-bond donors (Lipinski definition) is 1. The molecule has 1 fully saturated rings. The molecular formula is C24H22N2O5. The van der Waals surface area contributed by atoms with Crippen molar-refractivity contribution >= 4 is 23.3 Å². The Kier molecular flexibility index (Phi) is 5.33. The van der Waals surface area contributed by atoms with E-state index >= 15 is 0 Å². The fourth-order valence-electron chi connectivity index (χ4n) is 3.63. The predicted molar refractivity (Wildman–Crippen MR) is 115 cm³/mol. The van der Waals surface area contributed by atoms with Crippen LogP contribution in [0.15, 0.2) is 64.7 Å². The topological polar surface area (TPSA) is 92.9 Å². The van der Waals surface area contributed by atoms with Crippen LogP contribution in [0, 0.1) is 13.8 Å². The summed E-state index contributed by atoms with van der Waals surface area (Å²) in [5.74, 6) is -0.417. The van der Waals surface area contributed by atoms with Crippen molar-refractivity contribution in [3.63, 3.8) is 0 Å². The zero-order valence-corrected chi connectivity index (χ0v) is 17.5. The van der Waals surface area contributed by atoms with Crippen LogP contribution < -0.4 is 9.64 Å². The lowest BCUT2D eigenvalue weighted by Crippen LogP contribution is -2.29. The minimum atomic E-state index is -0.860. The third-order valence-electron chi connectivity index (χ3n) is 5.14. The minimum Gasteiger partial charge on any atom is -0.507 e. The molecule has 0 bridgehead atoms. The van der Waals surface area contributed by atoms with E-state index in [0.717, 1.165) is 5.56 Å². The van der Waals surface area contributed by atoms with Gasteiger partial charge in [0.2, 0.25) is 0 Å². The van der Waals surface area contributed by atoms with E-state index in [1.807, 2.05) is 26.0 Å². The van der Waals surface area contributed by atoms with Gasteiger partial charge < -0.3 is 14.4 Å². The maximum absolute atomic E-state index is 13.0. The molecular weight excluding hydrogens is 396 g/mol. The summed E-state index contributed by atoms with van der Waals surface area (Å²) in [5, 5.41) is 15.0. The molecule has 2 heterocycles. The number of amides is 1. The number of aliphatic hydroxyl groups excluding tert-OH is 1. The highest BCUT2D eigenvalue weighted by Crippen LogP contribution is 2.42. The Morgan fingerprint density at radius 3 is 2.35 bits per heavy atom. The smallest absolute Gasteiger partial charge is 0.301 e. The third kappa shape index (κ3) is 3.70. The Bertz CT molecular complexity index is 1160. The van der Waals surface area contributed by atoms with Gasteiger partial charge in [0.05, 0.1) is 18.2 Å². The lowest BCUT2D eigenvalue weighted by molar-refractivity contribution is -0.132. The second kappa shape index (κ2) is 8.10. The molecule has 31 heavy (non-hydrogen) atoms. The number of aryl methyl sites for hydroxylation is 2. The largest absolute Gasteiger partial charge is 0.507 e. The van der Waals surface area contributed by atoms with Crippen LogP contribution in [0.3, 0.4) is 0 Å². The van der Waals surface area contributed by atoms with E-state index in [1.165, 1.54) is 4.90 Å². The fraction of sp³-hybridized carbons (Fsp3) is 0.208. The molecule has 1 N–H and O–H groups in total. The molecule has 1 aliphatic heterocycles. The van der Waals surface area contributed by atoms with Gasteiger partial charge in [-0.05, 0) is 38.5 Å². The summed E-state index contributed by atoms with van der Waals surface area (Å²) in [4.78, 5) is 27.3. The van der Waals surface area contributed by atoms with Crippen molar-refractivity contribution in [3.8, 4) is 5.75 Å².